The van der Waals surface area contributed by atoms with E-state index in [1.54, 1.807) is 0 Å². The lowest BCUT2D eigenvalue weighted by atomic mass is 10.00. The molecule has 9 heteroatoms. The molecule has 0 radical (unpaired) electrons. The zero-order valence-corrected chi connectivity index (χ0v) is 44.2. The third-order valence-corrected chi connectivity index (χ3v) is 16.6. The highest BCUT2D eigenvalue weighted by Gasteiger charge is 2.25. The third kappa shape index (κ3) is 7.01. The Morgan fingerprint density at radius 3 is 1.17 bits per heavy atom. The Labute approximate surface area is 472 Å². The maximum atomic E-state index is 6.25. The Kier molecular flexibility index (Phi) is 9.60. The zero-order chi connectivity index (χ0) is 54.3. The number of fused-ring (bicyclic) bond motifs is 16. The van der Waals surface area contributed by atoms with Crippen molar-refractivity contribution in [3.05, 3.63) is 255 Å². The molecule has 0 saturated heterocycles. The molecule has 7 aromatic heterocycles. The van der Waals surface area contributed by atoms with Crippen LogP contribution in [0.25, 0.3) is 177 Å². The van der Waals surface area contributed by atoms with E-state index in [0.717, 1.165) is 160 Å². The largest absolute Gasteiger partial charge is 0.456 e. The minimum atomic E-state index is 0.483. The number of hydrogen-bond acceptors (Lipinski definition) is 7. The van der Waals surface area contributed by atoms with Gasteiger partial charge in [0.2, 0.25) is 5.95 Å². The summed E-state index contributed by atoms with van der Waals surface area (Å²) in [5.41, 5.74) is 16.8. The second kappa shape index (κ2) is 17.5. The number of furan rings is 3. The van der Waals surface area contributed by atoms with Gasteiger partial charge < -0.3 is 13.3 Å². The van der Waals surface area contributed by atoms with Crippen LogP contribution in [0.3, 0.4) is 0 Å². The van der Waals surface area contributed by atoms with Crippen LogP contribution in [0.1, 0.15) is 0 Å². The minimum absolute atomic E-state index is 0.483. The first-order valence-electron chi connectivity index (χ1n) is 27.8. The fourth-order valence-electron chi connectivity index (χ4n) is 12.8. The van der Waals surface area contributed by atoms with Crippen molar-refractivity contribution >= 4 is 109 Å². The Balaban J connectivity index is 0.869. The molecule has 0 aliphatic carbocycles. The molecule has 9 nitrogen and oxygen atoms in total. The maximum Gasteiger partial charge on any atom is 0.238 e. The topological polar surface area (TPSA) is 101 Å². The lowest BCUT2D eigenvalue weighted by Crippen LogP contribution is -2.07. The highest BCUT2D eigenvalue weighted by Crippen LogP contribution is 2.43. The predicted molar refractivity (Wildman–Crippen MR) is 335 cm³/mol. The van der Waals surface area contributed by atoms with Gasteiger partial charge in [0.25, 0.3) is 0 Å². The van der Waals surface area contributed by atoms with Crippen molar-refractivity contribution in [3.63, 3.8) is 0 Å². The molecule has 18 aromatic rings. The van der Waals surface area contributed by atoms with Gasteiger partial charge in [-0.3, -0.25) is 9.13 Å². The molecule has 11 aromatic carbocycles. The van der Waals surface area contributed by atoms with E-state index in [1.807, 2.05) is 36.4 Å². The Morgan fingerprint density at radius 1 is 0.241 bits per heavy atom. The smallest absolute Gasteiger partial charge is 0.238 e. The van der Waals surface area contributed by atoms with Crippen molar-refractivity contribution in [1.82, 2.24) is 29.1 Å². The lowest BCUT2D eigenvalue weighted by Gasteiger charge is -2.14. The van der Waals surface area contributed by atoms with Crippen LogP contribution in [0, 0.1) is 0 Å². The molecular weight excluding hydrogens is 1020 g/mol. The molecule has 0 aliphatic heterocycles. The zero-order valence-electron chi connectivity index (χ0n) is 44.2. The van der Waals surface area contributed by atoms with Crippen molar-refractivity contribution in [2.75, 3.05) is 0 Å². The van der Waals surface area contributed by atoms with Gasteiger partial charge in [-0.2, -0.15) is 9.97 Å². The van der Waals surface area contributed by atoms with Gasteiger partial charge in [-0.1, -0.05) is 158 Å². The number of para-hydroxylation sites is 5. The second-order valence-corrected chi connectivity index (χ2v) is 21.3. The van der Waals surface area contributed by atoms with Crippen LogP contribution < -0.4 is 0 Å². The Hall–Kier alpha value is -11.4. The summed E-state index contributed by atoms with van der Waals surface area (Å²) in [6.45, 7) is 0. The van der Waals surface area contributed by atoms with Crippen LogP contribution in [0.15, 0.2) is 268 Å². The van der Waals surface area contributed by atoms with Gasteiger partial charge in [0.1, 0.15) is 39.3 Å². The minimum Gasteiger partial charge on any atom is -0.456 e. The molecule has 0 aliphatic rings. The fraction of sp³-hybridized carbons (Fsp3) is 0. The first-order chi connectivity index (χ1) is 41.1. The van der Waals surface area contributed by atoms with Crippen molar-refractivity contribution in [1.29, 1.82) is 0 Å². The number of aromatic nitrogens is 6. The van der Waals surface area contributed by atoms with E-state index in [9.17, 15) is 0 Å². The summed E-state index contributed by atoms with van der Waals surface area (Å²) in [5, 5.41) is 10.7. The van der Waals surface area contributed by atoms with E-state index in [-0.39, 0.29) is 0 Å². The van der Waals surface area contributed by atoms with E-state index >= 15 is 0 Å². The highest BCUT2D eigenvalue weighted by atomic mass is 16.3. The average Bonchev–Trinajstić information content (AvgIpc) is 4.38. The molecular formula is C74H42N6O3. The number of pyridine rings is 1. The number of benzene rings is 11. The standard InChI is InChI=1S/C74H42N6O3/c1-6-24-61-50(18-1)55-33-34-56-51-19-2-7-25-62(51)80(71(56)70(55)79(61)69-29-13-23-60(75-69)47-32-37-68-59(42-47)54-22-5-10-28-65(54)83-68)74-77-72(48-16-11-14-43(38-48)45-30-35-66-57(40-45)52-20-3-8-26-63(52)81-66)76-73(78-74)49-17-12-15-44(39-49)46-31-36-67-58(41-46)53-21-4-9-27-64(53)82-67/h1-42H. The lowest BCUT2D eigenvalue weighted by molar-refractivity contribution is 0.668. The van der Waals surface area contributed by atoms with Gasteiger partial charge >= 0.3 is 0 Å². The summed E-state index contributed by atoms with van der Waals surface area (Å²) in [6.07, 6.45) is 0. The first kappa shape index (κ1) is 45.4. The monoisotopic (exact) mass is 1060 g/mol. The van der Waals surface area contributed by atoms with Gasteiger partial charge in [0.15, 0.2) is 11.6 Å². The highest BCUT2D eigenvalue weighted by molar-refractivity contribution is 6.24. The first-order valence-corrected chi connectivity index (χ1v) is 27.8. The summed E-state index contributed by atoms with van der Waals surface area (Å²) in [7, 11) is 0. The summed E-state index contributed by atoms with van der Waals surface area (Å²) in [5.74, 6) is 2.34. The summed E-state index contributed by atoms with van der Waals surface area (Å²) in [6, 6.07) is 88.6. The van der Waals surface area contributed by atoms with Crippen molar-refractivity contribution in [2.24, 2.45) is 0 Å². The number of hydrogen-bond donors (Lipinski definition) is 0. The van der Waals surface area contributed by atoms with Crippen molar-refractivity contribution in [3.8, 4) is 68.1 Å². The normalized spacial score (nSPS) is 12.1. The molecule has 0 unspecified atom stereocenters. The SMILES string of the molecule is c1cc(-c2ccc3oc4ccccc4c3c2)cc(-c2nc(-c3cccc(-c4ccc5oc6ccccc6c5c4)c3)nc(-n3c4ccccc4c4ccc5c6ccccc6n(-c6cccc(-c7ccc8oc9ccccc9c8c7)n6)c5c43)n2)c1. The van der Waals surface area contributed by atoms with Gasteiger partial charge in [0, 0.05) is 70.6 Å². The maximum absolute atomic E-state index is 6.25. The predicted octanol–water partition coefficient (Wildman–Crippen LogP) is 19.5. The molecule has 7 heterocycles. The van der Waals surface area contributed by atoms with Crippen LogP contribution >= 0.6 is 0 Å². The molecule has 0 fully saturated rings. The Bertz CT molecular complexity index is 5560. The van der Waals surface area contributed by atoms with E-state index in [0.29, 0.717) is 17.6 Å². The second-order valence-electron chi connectivity index (χ2n) is 21.3. The van der Waals surface area contributed by atoms with Gasteiger partial charge in [-0.05, 0) is 119 Å². The van der Waals surface area contributed by atoms with Gasteiger partial charge in [-0.25, -0.2) is 9.97 Å². The van der Waals surface area contributed by atoms with Gasteiger partial charge in [0.05, 0.1) is 27.8 Å². The van der Waals surface area contributed by atoms with Crippen LogP contribution in [0.4, 0.5) is 0 Å². The fourth-order valence-corrected chi connectivity index (χ4v) is 12.8. The quantitative estimate of drug-likeness (QED) is 0.157. The van der Waals surface area contributed by atoms with Gasteiger partial charge in [-0.15, -0.1) is 0 Å². The molecule has 0 bridgehead atoms. The molecule has 18 rings (SSSR count). The van der Waals surface area contributed by atoms with E-state index in [4.69, 9.17) is 33.2 Å². The molecule has 386 valence electrons. The van der Waals surface area contributed by atoms with Crippen LogP contribution in [-0.2, 0) is 0 Å². The summed E-state index contributed by atoms with van der Waals surface area (Å²) < 4.78 is 23.3. The molecule has 83 heavy (non-hydrogen) atoms. The molecule has 0 N–H and O–H groups in total. The molecule has 0 spiro atoms. The van der Waals surface area contributed by atoms with Crippen molar-refractivity contribution in [2.45, 2.75) is 0 Å². The summed E-state index contributed by atoms with van der Waals surface area (Å²) in [4.78, 5) is 22.1. The van der Waals surface area contributed by atoms with Crippen LogP contribution in [0.2, 0.25) is 0 Å². The molecule has 0 amide bonds. The van der Waals surface area contributed by atoms with E-state index in [2.05, 4.69) is 228 Å². The third-order valence-electron chi connectivity index (χ3n) is 16.6. The number of nitrogens with zero attached hydrogens (tertiary/aromatic N) is 6. The molecule has 0 atom stereocenters. The van der Waals surface area contributed by atoms with E-state index < -0.39 is 0 Å². The molecule has 0 saturated carbocycles. The van der Waals surface area contributed by atoms with Crippen LogP contribution in [0.5, 0.6) is 0 Å². The van der Waals surface area contributed by atoms with E-state index in [1.165, 1.54) is 0 Å². The van der Waals surface area contributed by atoms with Crippen molar-refractivity contribution < 1.29 is 13.3 Å². The van der Waals surface area contributed by atoms with Crippen LogP contribution in [-0.4, -0.2) is 29.1 Å². The Morgan fingerprint density at radius 2 is 0.639 bits per heavy atom. The summed E-state index contributed by atoms with van der Waals surface area (Å²) >= 11 is 0. The average molecular weight is 1060 g/mol. The number of rotatable bonds is 7.